The van der Waals surface area contributed by atoms with Gasteiger partial charge in [0.15, 0.2) is 0 Å². The Kier molecular flexibility index (Phi) is 3.49. The smallest absolute Gasteiger partial charge is 0.358 e. The molecule has 16 heavy (non-hydrogen) atoms. The molecular weight excluding hydrogens is 227 g/mol. The van der Waals surface area contributed by atoms with E-state index in [1.54, 1.807) is 0 Å². The van der Waals surface area contributed by atoms with Crippen molar-refractivity contribution in [2.75, 3.05) is 13.6 Å². The molecule has 1 saturated heterocycles. The summed E-state index contributed by atoms with van der Waals surface area (Å²) in [4.78, 5) is 12.6. The third-order valence-corrected chi connectivity index (χ3v) is 2.81. The monoisotopic (exact) mass is 241 g/mol. The summed E-state index contributed by atoms with van der Waals surface area (Å²) in [6.07, 6.45) is -4.47. The van der Waals surface area contributed by atoms with Crippen LogP contribution in [-0.2, 0) is 4.79 Å². The number of carbonyl (C=O) groups is 1. The Balaban J connectivity index is 2.96. The molecule has 1 atom stereocenters. The topological polar surface area (TPSA) is 60.8 Å². The van der Waals surface area contributed by atoms with Crippen molar-refractivity contribution < 1.29 is 28.2 Å². The lowest BCUT2D eigenvalue weighted by Gasteiger charge is -2.32. The zero-order valence-electron chi connectivity index (χ0n) is 8.79. The Hall–Kier alpha value is -0.820. The van der Waals surface area contributed by atoms with Crippen LogP contribution in [0, 0.1) is 5.92 Å². The van der Waals surface area contributed by atoms with Crippen molar-refractivity contribution >= 4 is 5.91 Å². The standard InChI is InChI=1S/C9H14F3NO3/c1-13-5-3-2-4-6(7(13)14)8(15,16)9(10,11)12/h6,15-16H,2-5H2,1H3. The average molecular weight is 241 g/mol. The van der Waals surface area contributed by atoms with Gasteiger partial charge in [0.2, 0.25) is 5.91 Å². The summed E-state index contributed by atoms with van der Waals surface area (Å²) >= 11 is 0. The molecule has 1 heterocycles. The van der Waals surface area contributed by atoms with E-state index in [-0.39, 0.29) is 6.42 Å². The minimum absolute atomic E-state index is 0.171. The molecule has 1 rings (SSSR count). The number of halogens is 3. The van der Waals surface area contributed by atoms with E-state index in [0.29, 0.717) is 19.4 Å². The van der Waals surface area contributed by atoms with Crippen molar-refractivity contribution in [2.24, 2.45) is 5.92 Å². The lowest BCUT2D eigenvalue weighted by Crippen LogP contribution is -2.55. The highest BCUT2D eigenvalue weighted by Gasteiger charge is 2.60. The fraction of sp³-hybridized carbons (Fsp3) is 0.889. The average Bonchev–Trinajstić information content (AvgIpc) is 2.28. The molecule has 1 amide bonds. The van der Waals surface area contributed by atoms with Crippen molar-refractivity contribution in [3.8, 4) is 0 Å². The van der Waals surface area contributed by atoms with E-state index in [9.17, 15) is 18.0 Å². The number of amides is 1. The molecule has 4 nitrogen and oxygen atoms in total. The van der Waals surface area contributed by atoms with Gasteiger partial charge < -0.3 is 15.1 Å². The third-order valence-electron chi connectivity index (χ3n) is 2.81. The molecule has 0 spiro atoms. The quantitative estimate of drug-likeness (QED) is 0.657. The number of hydrogen-bond donors (Lipinski definition) is 2. The number of alkyl halides is 3. The van der Waals surface area contributed by atoms with Crippen LogP contribution in [0.25, 0.3) is 0 Å². The number of likely N-dealkylation sites (tertiary alicyclic amines) is 1. The summed E-state index contributed by atoms with van der Waals surface area (Å²) in [7, 11) is 1.35. The summed E-state index contributed by atoms with van der Waals surface area (Å²) in [5.74, 6) is -6.65. The van der Waals surface area contributed by atoms with Crippen LogP contribution < -0.4 is 0 Å². The highest BCUT2D eigenvalue weighted by Crippen LogP contribution is 2.38. The van der Waals surface area contributed by atoms with Crippen LogP contribution in [0.15, 0.2) is 0 Å². The molecule has 1 aliphatic heterocycles. The highest BCUT2D eigenvalue weighted by atomic mass is 19.4. The van der Waals surface area contributed by atoms with Crippen molar-refractivity contribution in [1.29, 1.82) is 0 Å². The summed E-state index contributed by atoms with van der Waals surface area (Å²) in [5, 5.41) is 18.1. The van der Waals surface area contributed by atoms with Crippen LogP contribution in [0.2, 0.25) is 0 Å². The van der Waals surface area contributed by atoms with Gasteiger partial charge in [-0.25, -0.2) is 0 Å². The summed E-state index contributed by atoms with van der Waals surface area (Å²) in [5.41, 5.74) is 0. The van der Waals surface area contributed by atoms with E-state index in [0.717, 1.165) is 4.90 Å². The van der Waals surface area contributed by atoms with Gasteiger partial charge in [0, 0.05) is 13.6 Å². The van der Waals surface area contributed by atoms with Crippen LogP contribution in [-0.4, -0.2) is 46.6 Å². The molecule has 94 valence electrons. The lowest BCUT2D eigenvalue weighted by molar-refractivity contribution is -0.365. The fourth-order valence-corrected chi connectivity index (χ4v) is 1.77. The molecular formula is C9H14F3NO3. The van der Waals surface area contributed by atoms with Gasteiger partial charge in [-0.2, -0.15) is 13.2 Å². The second-order valence-corrected chi connectivity index (χ2v) is 4.03. The number of aliphatic hydroxyl groups is 2. The van der Waals surface area contributed by atoms with Crippen LogP contribution in [0.3, 0.4) is 0 Å². The first kappa shape index (κ1) is 13.2. The van der Waals surface area contributed by atoms with E-state index < -0.39 is 23.8 Å². The van der Waals surface area contributed by atoms with Gasteiger partial charge >= 0.3 is 6.18 Å². The van der Waals surface area contributed by atoms with Crippen molar-refractivity contribution in [3.05, 3.63) is 0 Å². The van der Waals surface area contributed by atoms with Crippen LogP contribution in [0.1, 0.15) is 19.3 Å². The molecule has 7 heteroatoms. The summed E-state index contributed by atoms with van der Waals surface area (Å²) in [6.45, 7) is 0.337. The van der Waals surface area contributed by atoms with E-state index in [1.165, 1.54) is 7.05 Å². The Morgan fingerprint density at radius 2 is 1.88 bits per heavy atom. The van der Waals surface area contributed by atoms with Crippen LogP contribution in [0.5, 0.6) is 0 Å². The van der Waals surface area contributed by atoms with Gasteiger partial charge in [-0.1, -0.05) is 6.42 Å². The van der Waals surface area contributed by atoms with Crippen LogP contribution >= 0.6 is 0 Å². The first-order valence-corrected chi connectivity index (χ1v) is 4.94. The maximum Gasteiger partial charge on any atom is 0.443 e. The van der Waals surface area contributed by atoms with Gasteiger partial charge in [0.1, 0.15) is 5.92 Å². The highest BCUT2D eigenvalue weighted by molar-refractivity contribution is 5.79. The largest absolute Gasteiger partial charge is 0.443 e. The molecule has 0 aromatic carbocycles. The number of rotatable bonds is 1. The first-order chi connectivity index (χ1) is 7.18. The predicted molar refractivity (Wildman–Crippen MR) is 48.2 cm³/mol. The molecule has 0 bridgehead atoms. The molecule has 1 aliphatic rings. The minimum Gasteiger partial charge on any atom is -0.358 e. The molecule has 0 aliphatic carbocycles. The summed E-state index contributed by atoms with van der Waals surface area (Å²) in [6, 6.07) is 0. The number of carbonyl (C=O) groups excluding carboxylic acids is 1. The molecule has 0 aromatic rings. The fourth-order valence-electron chi connectivity index (χ4n) is 1.77. The molecule has 0 radical (unpaired) electrons. The number of hydrogen-bond acceptors (Lipinski definition) is 3. The van der Waals surface area contributed by atoms with Crippen LogP contribution in [0.4, 0.5) is 13.2 Å². The van der Waals surface area contributed by atoms with Crippen molar-refractivity contribution in [1.82, 2.24) is 4.90 Å². The van der Waals surface area contributed by atoms with Crippen molar-refractivity contribution in [3.63, 3.8) is 0 Å². The van der Waals surface area contributed by atoms with E-state index in [4.69, 9.17) is 10.2 Å². The van der Waals surface area contributed by atoms with E-state index in [2.05, 4.69) is 0 Å². The SMILES string of the molecule is CN1CCCCC(C(O)(O)C(F)(F)F)C1=O. The Morgan fingerprint density at radius 3 is 2.38 bits per heavy atom. The third kappa shape index (κ3) is 2.30. The molecule has 0 aromatic heterocycles. The molecule has 1 unspecified atom stereocenters. The second-order valence-electron chi connectivity index (χ2n) is 4.03. The molecule has 1 fully saturated rings. The Labute approximate surface area is 90.7 Å². The Morgan fingerprint density at radius 1 is 1.31 bits per heavy atom. The second kappa shape index (κ2) is 4.21. The summed E-state index contributed by atoms with van der Waals surface area (Å²) < 4.78 is 37.1. The number of nitrogens with zero attached hydrogens (tertiary/aromatic N) is 1. The van der Waals surface area contributed by atoms with Gasteiger partial charge in [0.25, 0.3) is 5.79 Å². The maximum atomic E-state index is 12.4. The molecule has 2 N–H and O–H groups in total. The van der Waals surface area contributed by atoms with Gasteiger partial charge in [-0.15, -0.1) is 0 Å². The lowest BCUT2D eigenvalue weighted by atomic mass is 9.92. The Bertz CT molecular complexity index is 278. The maximum absolute atomic E-state index is 12.4. The molecule has 0 saturated carbocycles. The van der Waals surface area contributed by atoms with Crippen molar-refractivity contribution in [2.45, 2.75) is 31.2 Å². The minimum atomic E-state index is -5.22. The van der Waals surface area contributed by atoms with E-state index in [1.807, 2.05) is 0 Å². The first-order valence-electron chi connectivity index (χ1n) is 4.94. The van der Waals surface area contributed by atoms with Gasteiger partial charge in [-0.05, 0) is 12.8 Å². The zero-order chi connectivity index (χ0) is 12.6. The zero-order valence-corrected chi connectivity index (χ0v) is 8.79. The predicted octanol–water partition coefficient (Wildman–Crippen LogP) is 0.488. The van der Waals surface area contributed by atoms with E-state index >= 15 is 0 Å². The normalized spacial score (nSPS) is 24.5. The van der Waals surface area contributed by atoms with Gasteiger partial charge in [0.05, 0.1) is 0 Å². The van der Waals surface area contributed by atoms with Gasteiger partial charge in [-0.3, -0.25) is 4.79 Å².